The lowest BCUT2D eigenvalue weighted by Crippen LogP contribution is -2.15. The predicted molar refractivity (Wildman–Crippen MR) is 109 cm³/mol. The van der Waals surface area contributed by atoms with Crippen LogP contribution in [0.3, 0.4) is 0 Å². The van der Waals surface area contributed by atoms with Gasteiger partial charge in [0.2, 0.25) is 5.91 Å². The molecule has 1 aromatic carbocycles. The third kappa shape index (κ3) is 5.65. The van der Waals surface area contributed by atoms with E-state index in [0.717, 1.165) is 16.3 Å². The van der Waals surface area contributed by atoms with Crippen molar-refractivity contribution in [1.82, 2.24) is 14.8 Å². The van der Waals surface area contributed by atoms with Crippen molar-refractivity contribution in [3.63, 3.8) is 0 Å². The second-order valence-corrected chi connectivity index (χ2v) is 8.37. The molecule has 0 spiro atoms. The Morgan fingerprint density at radius 2 is 2.21 bits per heavy atom. The van der Waals surface area contributed by atoms with Gasteiger partial charge in [0, 0.05) is 16.6 Å². The van der Waals surface area contributed by atoms with E-state index in [2.05, 4.69) is 21.6 Å². The maximum atomic E-state index is 12.4. The quantitative estimate of drug-likeness (QED) is 0.529. The van der Waals surface area contributed by atoms with Crippen LogP contribution in [0.1, 0.15) is 19.1 Å². The molecule has 0 saturated carbocycles. The molecule has 3 rings (SSSR count). The highest BCUT2D eigenvalue weighted by molar-refractivity contribution is 8.00. The lowest BCUT2D eigenvalue weighted by molar-refractivity contribution is -0.113. The van der Waals surface area contributed by atoms with E-state index in [1.165, 1.54) is 11.8 Å². The first-order chi connectivity index (χ1) is 13.7. The summed E-state index contributed by atoms with van der Waals surface area (Å²) in [4.78, 5) is 13.4. The number of carbonyl (C=O) groups is 1. The topological polar surface area (TPSA) is 96.7 Å². The van der Waals surface area contributed by atoms with E-state index >= 15 is 0 Å². The highest BCUT2D eigenvalue weighted by Gasteiger charge is 2.13. The Balaban J connectivity index is 1.57. The minimum absolute atomic E-state index is 0.126. The molecule has 1 atom stereocenters. The van der Waals surface area contributed by atoms with Crippen LogP contribution in [-0.2, 0) is 11.3 Å². The van der Waals surface area contributed by atoms with Crippen LogP contribution >= 0.6 is 23.5 Å². The third-order valence-electron chi connectivity index (χ3n) is 3.69. The van der Waals surface area contributed by atoms with Gasteiger partial charge in [-0.25, -0.2) is 0 Å². The molecular formula is C19H19N5O2S2. The smallest absolute Gasteiger partial charge is 0.234 e. The van der Waals surface area contributed by atoms with Crippen LogP contribution in [0, 0.1) is 11.3 Å². The second-order valence-electron chi connectivity index (χ2n) is 5.94. The number of nitrogens with zero attached hydrogens (tertiary/aromatic N) is 4. The Morgan fingerprint density at radius 3 is 3.00 bits per heavy atom. The number of benzene rings is 1. The van der Waals surface area contributed by atoms with Crippen molar-refractivity contribution >= 4 is 35.1 Å². The number of thioether (sulfide) groups is 2. The molecule has 0 radical (unpaired) electrons. The average Bonchev–Trinajstić information content (AvgIpc) is 3.34. The predicted octanol–water partition coefficient (Wildman–Crippen LogP) is 4.04. The summed E-state index contributed by atoms with van der Waals surface area (Å²) in [6.07, 6.45) is 3.69. The van der Waals surface area contributed by atoms with Crippen molar-refractivity contribution in [2.45, 2.75) is 35.2 Å². The zero-order valence-corrected chi connectivity index (χ0v) is 16.9. The number of amides is 1. The molecule has 0 fully saturated rings. The molecule has 28 heavy (non-hydrogen) atoms. The first-order valence-electron chi connectivity index (χ1n) is 8.61. The molecule has 9 heteroatoms. The molecule has 1 amide bonds. The van der Waals surface area contributed by atoms with Crippen molar-refractivity contribution in [3.05, 3.63) is 54.7 Å². The van der Waals surface area contributed by atoms with Gasteiger partial charge in [-0.05, 0) is 24.3 Å². The van der Waals surface area contributed by atoms with Crippen LogP contribution in [0.15, 0.2) is 63.5 Å². The van der Waals surface area contributed by atoms with Crippen LogP contribution in [0.2, 0.25) is 0 Å². The van der Waals surface area contributed by atoms with Crippen LogP contribution in [0.4, 0.5) is 5.69 Å². The molecule has 2 heterocycles. The monoisotopic (exact) mass is 413 g/mol. The van der Waals surface area contributed by atoms with E-state index < -0.39 is 0 Å². The minimum atomic E-state index is -0.126. The fraction of sp³-hybridized carbons (Fsp3) is 0.263. The molecule has 144 valence electrons. The van der Waals surface area contributed by atoms with Gasteiger partial charge in [-0.2, -0.15) is 5.26 Å². The largest absolute Gasteiger partial charge is 0.467 e. The van der Waals surface area contributed by atoms with Gasteiger partial charge >= 0.3 is 0 Å². The zero-order valence-electron chi connectivity index (χ0n) is 15.2. The Labute approximate surface area is 171 Å². The number of furan rings is 1. The van der Waals surface area contributed by atoms with Crippen LogP contribution < -0.4 is 5.32 Å². The lowest BCUT2D eigenvalue weighted by Gasteiger charge is -2.13. The van der Waals surface area contributed by atoms with E-state index in [1.807, 2.05) is 47.9 Å². The molecule has 0 saturated heterocycles. The molecule has 1 unspecified atom stereocenters. The average molecular weight is 414 g/mol. The number of nitriles is 1. The molecule has 0 aliphatic heterocycles. The lowest BCUT2D eigenvalue weighted by atomic mass is 10.3. The number of para-hydroxylation sites is 1. The van der Waals surface area contributed by atoms with Gasteiger partial charge < -0.3 is 14.3 Å². The highest BCUT2D eigenvalue weighted by atomic mass is 32.2. The summed E-state index contributed by atoms with van der Waals surface area (Å²) in [5, 5.41) is 20.6. The summed E-state index contributed by atoms with van der Waals surface area (Å²) in [5.41, 5.74) is 0.750. The standard InChI is InChI=1S/C19H19N5O2S2/c1-14(8-9-20)28-17-7-3-2-6-16(17)22-18(25)12-27-19-23-21-13-24(19)11-15-5-4-10-26-15/h2-7,10,13-14H,8,11-12H2,1H3,(H,22,25). The van der Waals surface area contributed by atoms with E-state index in [9.17, 15) is 4.79 Å². The van der Waals surface area contributed by atoms with E-state index in [4.69, 9.17) is 9.68 Å². The summed E-state index contributed by atoms with van der Waals surface area (Å²) < 4.78 is 7.18. The molecule has 7 nitrogen and oxygen atoms in total. The fourth-order valence-corrected chi connectivity index (χ4v) is 4.12. The summed E-state index contributed by atoms with van der Waals surface area (Å²) in [7, 11) is 0. The Kier molecular flexibility index (Phi) is 7.17. The molecule has 3 aromatic rings. The second kappa shape index (κ2) is 10.0. The van der Waals surface area contributed by atoms with E-state index in [-0.39, 0.29) is 16.9 Å². The minimum Gasteiger partial charge on any atom is -0.467 e. The maximum absolute atomic E-state index is 12.4. The van der Waals surface area contributed by atoms with Gasteiger partial charge in [0.1, 0.15) is 12.1 Å². The normalized spacial score (nSPS) is 11.7. The van der Waals surface area contributed by atoms with E-state index in [0.29, 0.717) is 18.1 Å². The Bertz CT molecular complexity index is 949. The molecule has 2 aromatic heterocycles. The third-order valence-corrected chi connectivity index (χ3v) is 5.85. The van der Waals surface area contributed by atoms with Gasteiger partial charge in [0.05, 0.1) is 30.3 Å². The first-order valence-corrected chi connectivity index (χ1v) is 10.5. The van der Waals surface area contributed by atoms with E-state index in [1.54, 1.807) is 24.4 Å². The Morgan fingerprint density at radius 1 is 1.36 bits per heavy atom. The summed E-state index contributed by atoms with van der Waals surface area (Å²) >= 11 is 2.89. The first kappa shape index (κ1) is 20.0. The van der Waals surface area contributed by atoms with Crippen molar-refractivity contribution in [2.75, 3.05) is 11.1 Å². The summed E-state index contributed by atoms with van der Waals surface area (Å²) in [5.74, 6) is 0.880. The van der Waals surface area contributed by atoms with Crippen molar-refractivity contribution in [1.29, 1.82) is 5.26 Å². The molecule has 0 aliphatic rings. The molecular weight excluding hydrogens is 394 g/mol. The Hall–Kier alpha value is -2.70. The van der Waals surface area contributed by atoms with Gasteiger partial charge in [-0.1, -0.05) is 30.8 Å². The van der Waals surface area contributed by atoms with Crippen LogP contribution in [-0.4, -0.2) is 31.7 Å². The number of anilines is 1. The highest BCUT2D eigenvalue weighted by Crippen LogP contribution is 2.31. The number of hydrogen-bond acceptors (Lipinski definition) is 7. The molecule has 1 N–H and O–H groups in total. The molecule has 0 bridgehead atoms. The number of nitrogens with one attached hydrogen (secondary N) is 1. The van der Waals surface area contributed by atoms with Gasteiger partial charge in [0.25, 0.3) is 0 Å². The number of carbonyl (C=O) groups excluding carboxylic acids is 1. The van der Waals surface area contributed by atoms with Gasteiger partial charge in [-0.3, -0.25) is 4.79 Å². The molecule has 0 aliphatic carbocycles. The maximum Gasteiger partial charge on any atom is 0.234 e. The summed E-state index contributed by atoms with van der Waals surface area (Å²) in [6.45, 7) is 2.51. The van der Waals surface area contributed by atoms with Crippen LogP contribution in [0.25, 0.3) is 0 Å². The van der Waals surface area contributed by atoms with Crippen molar-refractivity contribution < 1.29 is 9.21 Å². The van der Waals surface area contributed by atoms with Crippen molar-refractivity contribution in [2.24, 2.45) is 0 Å². The zero-order chi connectivity index (χ0) is 19.8. The van der Waals surface area contributed by atoms with Gasteiger partial charge in [0.15, 0.2) is 5.16 Å². The fourth-order valence-electron chi connectivity index (χ4n) is 2.41. The van der Waals surface area contributed by atoms with Gasteiger partial charge in [-0.15, -0.1) is 22.0 Å². The van der Waals surface area contributed by atoms with Crippen molar-refractivity contribution in [3.8, 4) is 6.07 Å². The SMILES string of the molecule is CC(CC#N)Sc1ccccc1NC(=O)CSc1nncn1Cc1ccco1. The number of hydrogen-bond donors (Lipinski definition) is 1. The summed E-state index contributed by atoms with van der Waals surface area (Å²) in [6, 6.07) is 13.5. The number of aromatic nitrogens is 3. The van der Waals surface area contributed by atoms with Crippen LogP contribution in [0.5, 0.6) is 0 Å². The number of rotatable bonds is 9.